The number of piperidine rings is 1. The van der Waals surface area contributed by atoms with Crippen LogP contribution in [0.5, 0.6) is 0 Å². The van der Waals surface area contributed by atoms with E-state index in [-0.39, 0.29) is 17.1 Å². The van der Waals surface area contributed by atoms with Crippen LogP contribution in [-0.4, -0.2) is 24.0 Å². The molecule has 3 atom stereocenters. The third-order valence-electron chi connectivity index (χ3n) is 4.39. The third kappa shape index (κ3) is 3.28. The zero-order valence-corrected chi connectivity index (χ0v) is 13.4. The zero-order valence-electron chi connectivity index (χ0n) is 11.9. The Morgan fingerprint density at radius 2 is 2.10 bits per heavy atom. The summed E-state index contributed by atoms with van der Waals surface area (Å²) in [4.78, 5) is 2.33. The van der Waals surface area contributed by atoms with Gasteiger partial charge in [0.05, 0.1) is 5.02 Å². The Hall–Kier alpha value is -0.350. The van der Waals surface area contributed by atoms with Gasteiger partial charge in [0.1, 0.15) is 5.82 Å². The summed E-state index contributed by atoms with van der Waals surface area (Å²) in [7, 11) is 0. The molecule has 0 aliphatic carbocycles. The van der Waals surface area contributed by atoms with Gasteiger partial charge in [-0.05, 0) is 37.0 Å². The predicted molar refractivity (Wildman–Crippen MR) is 82.8 cm³/mol. The van der Waals surface area contributed by atoms with Gasteiger partial charge in [-0.25, -0.2) is 4.39 Å². The molecule has 1 aliphatic heterocycles. The minimum atomic E-state index is -0.418. The van der Waals surface area contributed by atoms with E-state index < -0.39 is 5.82 Å². The zero-order chi connectivity index (χ0) is 14.9. The van der Waals surface area contributed by atoms with Crippen molar-refractivity contribution in [2.24, 2.45) is 11.7 Å². The molecule has 2 rings (SSSR count). The maximum absolute atomic E-state index is 13.7. The molecule has 1 aromatic rings. The average molecular weight is 319 g/mol. The summed E-state index contributed by atoms with van der Waals surface area (Å²) in [6.07, 6.45) is 2.03. The van der Waals surface area contributed by atoms with Gasteiger partial charge in [0.25, 0.3) is 0 Å². The van der Waals surface area contributed by atoms with Crippen LogP contribution >= 0.6 is 23.2 Å². The van der Waals surface area contributed by atoms with E-state index in [1.807, 2.05) is 0 Å². The van der Waals surface area contributed by atoms with Crippen molar-refractivity contribution in [3.63, 3.8) is 0 Å². The quantitative estimate of drug-likeness (QED) is 0.844. The topological polar surface area (TPSA) is 29.3 Å². The molecule has 0 radical (unpaired) electrons. The number of nitrogens with two attached hydrogens (primary N) is 1. The maximum atomic E-state index is 13.7. The molecular weight excluding hydrogens is 298 g/mol. The van der Waals surface area contributed by atoms with Crippen molar-refractivity contribution in [2.45, 2.75) is 38.8 Å². The fourth-order valence-corrected chi connectivity index (χ4v) is 3.46. The molecule has 1 aliphatic rings. The Bertz CT molecular complexity index is 481. The van der Waals surface area contributed by atoms with Crippen molar-refractivity contribution in [2.75, 3.05) is 13.1 Å². The van der Waals surface area contributed by atoms with Gasteiger partial charge in [0, 0.05) is 30.2 Å². The van der Waals surface area contributed by atoms with Crippen molar-refractivity contribution in [1.82, 2.24) is 4.90 Å². The Morgan fingerprint density at radius 1 is 1.40 bits per heavy atom. The number of hydrogen-bond acceptors (Lipinski definition) is 2. The smallest absolute Gasteiger partial charge is 0.142 e. The van der Waals surface area contributed by atoms with E-state index in [4.69, 9.17) is 28.9 Å². The second-order valence-electron chi connectivity index (χ2n) is 5.58. The lowest BCUT2D eigenvalue weighted by molar-refractivity contribution is 0.114. The van der Waals surface area contributed by atoms with Crippen LogP contribution in [-0.2, 0) is 0 Å². The molecule has 20 heavy (non-hydrogen) atoms. The van der Waals surface area contributed by atoms with Gasteiger partial charge >= 0.3 is 0 Å². The minimum absolute atomic E-state index is 0.0656. The van der Waals surface area contributed by atoms with Crippen molar-refractivity contribution < 1.29 is 4.39 Å². The van der Waals surface area contributed by atoms with Crippen LogP contribution in [0, 0.1) is 11.7 Å². The Balaban J connectivity index is 2.19. The van der Waals surface area contributed by atoms with Gasteiger partial charge in [-0.15, -0.1) is 0 Å². The van der Waals surface area contributed by atoms with Crippen molar-refractivity contribution in [3.05, 3.63) is 33.6 Å². The lowest BCUT2D eigenvalue weighted by Crippen LogP contribution is -2.47. The van der Waals surface area contributed by atoms with Gasteiger partial charge < -0.3 is 5.73 Å². The summed E-state index contributed by atoms with van der Waals surface area (Å²) in [5.74, 6) is 0.0702. The van der Waals surface area contributed by atoms with Crippen LogP contribution in [0.3, 0.4) is 0 Å². The molecule has 0 bridgehead atoms. The van der Waals surface area contributed by atoms with Gasteiger partial charge in [-0.1, -0.05) is 36.5 Å². The molecule has 5 heteroatoms. The molecule has 0 aromatic heterocycles. The molecule has 112 valence electrons. The Kier molecular flexibility index (Phi) is 5.30. The fourth-order valence-electron chi connectivity index (χ4n) is 2.92. The van der Waals surface area contributed by atoms with Gasteiger partial charge in [-0.2, -0.15) is 0 Å². The molecular formula is C15H21Cl2FN2. The van der Waals surface area contributed by atoms with E-state index in [9.17, 15) is 4.39 Å². The lowest BCUT2D eigenvalue weighted by Gasteiger charge is -2.40. The van der Waals surface area contributed by atoms with Crippen LogP contribution < -0.4 is 5.73 Å². The first-order valence-electron chi connectivity index (χ1n) is 7.08. The summed E-state index contributed by atoms with van der Waals surface area (Å²) in [5, 5.41) is 0.588. The van der Waals surface area contributed by atoms with Gasteiger partial charge in [-0.3, -0.25) is 4.90 Å². The second kappa shape index (κ2) is 6.61. The van der Waals surface area contributed by atoms with Crippen LogP contribution in [0.15, 0.2) is 12.1 Å². The van der Waals surface area contributed by atoms with Crippen molar-refractivity contribution in [1.29, 1.82) is 0 Å². The number of rotatable bonds is 3. The van der Waals surface area contributed by atoms with E-state index >= 15 is 0 Å². The van der Waals surface area contributed by atoms with Gasteiger partial charge in [0.15, 0.2) is 0 Å². The largest absolute Gasteiger partial charge is 0.327 e. The molecule has 0 saturated carbocycles. The Labute approximate surface area is 130 Å². The van der Waals surface area contributed by atoms with E-state index in [2.05, 4.69) is 18.7 Å². The molecule has 0 spiro atoms. The SMILES string of the molecule is CCC1CN(C(C)c2cc(F)c(Cl)cc2Cl)CCC1N. The molecule has 1 aromatic carbocycles. The average Bonchev–Trinajstić information content (AvgIpc) is 2.42. The number of likely N-dealkylation sites (tertiary alicyclic amines) is 1. The molecule has 3 unspecified atom stereocenters. The normalized spacial score (nSPS) is 25.7. The second-order valence-corrected chi connectivity index (χ2v) is 6.39. The summed E-state index contributed by atoms with van der Waals surface area (Å²) in [6, 6.07) is 3.26. The number of hydrogen-bond donors (Lipinski definition) is 1. The minimum Gasteiger partial charge on any atom is -0.327 e. The number of halogens is 3. The summed E-state index contributed by atoms with van der Waals surface area (Å²) in [6.45, 7) is 6.06. The molecule has 1 heterocycles. The number of benzene rings is 1. The first-order valence-corrected chi connectivity index (χ1v) is 7.83. The van der Waals surface area contributed by atoms with Crippen molar-refractivity contribution in [3.8, 4) is 0 Å². The maximum Gasteiger partial charge on any atom is 0.142 e. The highest BCUT2D eigenvalue weighted by atomic mass is 35.5. The monoisotopic (exact) mass is 318 g/mol. The highest BCUT2D eigenvalue weighted by Gasteiger charge is 2.29. The van der Waals surface area contributed by atoms with E-state index in [1.54, 1.807) is 0 Å². The first kappa shape index (κ1) is 16.0. The molecule has 1 saturated heterocycles. The highest BCUT2D eigenvalue weighted by Crippen LogP contribution is 2.33. The summed E-state index contributed by atoms with van der Waals surface area (Å²) >= 11 is 12.0. The summed E-state index contributed by atoms with van der Waals surface area (Å²) in [5.41, 5.74) is 6.92. The summed E-state index contributed by atoms with van der Waals surface area (Å²) < 4.78 is 13.7. The van der Waals surface area contributed by atoms with Crippen LogP contribution in [0.4, 0.5) is 4.39 Å². The number of nitrogens with zero attached hydrogens (tertiary/aromatic N) is 1. The predicted octanol–water partition coefficient (Wildman–Crippen LogP) is 4.25. The van der Waals surface area contributed by atoms with E-state index in [1.165, 1.54) is 12.1 Å². The molecule has 0 amide bonds. The molecule has 2 N–H and O–H groups in total. The standard InChI is InChI=1S/C15H21Cl2FN2/c1-3-10-8-20(5-4-15(10)19)9(2)11-6-14(18)13(17)7-12(11)16/h6-7,9-10,15H,3-5,8,19H2,1-2H3. The van der Waals surface area contributed by atoms with Crippen LogP contribution in [0.25, 0.3) is 0 Å². The van der Waals surface area contributed by atoms with Gasteiger partial charge in [0.2, 0.25) is 0 Å². The highest BCUT2D eigenvalue weighted by molar-refractivity contribution is 6.35. The van der Waals surface area contributed by atoms with Crippen LogP contribution in [0.1, 0.15) is 38.3 Å². The molecule has 1 fully saturated rings. The first-order chi connectivity index (χ1) is 9.43. The van der Waals surface area contributed by atoms with E-state index in [0.717, 1.165) is 31.5 Å². The lowest BCUT2D eigenvalue weighted by atomic mass is 9.89. The van der Waals surface area contributed by atoms with Crippen molar-refractivity contribution >= 4 is 23.2 Å². The Morgan fingerprint density at radius 3 is 2.75 bits per heavy atom. The molecule has 2 nitrogen and oxygen atoms in total. The third-order valence-corrected chi connectivity index (χ3v) is 5.00. The fraction of sp³-hybridized carbons (Fsp3) is 0.600. The van der Waals surface area contributed by atoms with Crippen LogP contribution in [0.2, 0.25) is 10.0 Å². The van der Waals surface area contributed by atoms with E-state index in [0.29, 0.717) is 10.9 Å².